The summed E-state index contributed by atoms with van der Waals surface area (Å²) in [4.78, 5) is 26.2. The van der Waals surface area contributed by atoms with Gasteiger partial charge < -0.3 is 23.1 Å². The van der Waals surface area contributed by atoms with Gasteiger partial charge in [0.2, 0.25) is 5.91 Å². The zero-order chi connectivity index (χ0) is 26.0. The molecular weight excluding hydrogens is 548 g/mol. The second-order valence-corrected chi connectivity index (χ2v) is 10.8. The molecule has 208 valence electrons. The van der Waals surface area contributed by atoms with Crippen LogP contribution in [0.1, 0.15) is 28.5 Å². The summed E-state index contributed by atoms with van der Waals surface area (Å²) in [5.41, 5.74) is 1.37. The number of anilines is 2. The summed E-state index contributed by atoms with van der Waals surface area (Å²) in [6.07, 6.45) is 3.11. The summed E-state index contributed by atoms with van der Waals surface area (Å²) in [5, 5.41) is 2.97. The standard InChI is InChI=1S/C25H31ClN2O7S.Mg.H2O.2H/c26-21-10-12-23(13-11-21)28(22-4-2-1-3-5-22)25(30)35-17-20-8-6-19(7-9-20)16-34-18-24(29)27-14-15-36(31,32)33;;;;/h1-5,10-13,19-20H,6-9,14-18H2,(H,27,29)(H,31,32,33);;1H2;;/q;+2;;2*-1. The number of rotatable bonds is 11. The minimum Gasteiger partial charge on any atom is -1.00 e. The van der Waals surface area contributed by atoms with Crippen LogP contribution < -0.4 is 10.2 Å². The molecule has 1 saturated carbocycles. The van der Waals surface area contributed by atoms with Crippen molar-refractivity contribution < 1.29 is 40.4 Å². The fraction of sp³-hybridized carbons (Fsp3) is 0.440. The molecule has 38 heavy (non-hydrogen) atoms. The Kier molecular flexibility index (Phi) is 15.2. The minimum atomic E-state index is -4.10. The number of carbonyl (C=O) groups excluding carboxylic acids is 2. The Morgan fingerprint density at radius 2 is 1.53 bits per heavy atom. The van der Waals surface area contributed by atoms with Crippen molar-refractivity contribution in [3.8, 4) is 0 Å². The predicted octanol–water partition coefficient (Wildman–Crippen LogP) is 3.46. The Labute approximate surface area is 247 Å². The van der Waals surface area contributed by atoms with E-state index >= 15 is 0 Å². The van der Waals surface area contributed by atoms with Crippen molar-refractivity contribution in [1.82, 2.24) is 5.32 Å². The molecule has 0 spiro atoms. The number of halogens is 1. The van der Waals surface area contributed by atoms with Gasteiger partial charge >= 0.3 is 29.1 Å². The van der Waals surface area contributed by atoms with E-state index in [1.165, 1.54) is 4.90 Å². The molecule has 0 unspecified atom stereocenters. The van der Waals surface area contributed by atoms with Crippen LogP contribution in [0, 0.1) is 11.8 Å². The number of nitrogens with zero attached hydrogens (tertiary/aromatic N) is 1. The van der Waals surface area contributed by atoms with Gasteiger partial charge in [-0.15, -0.1) is 0 Å². The van der Waals surface area contributed by atoms with Crippen LogP contribution >= 0.6 is 11.6 Å². The Morgan fingerprint density at radius 3 is 2.11 bits per heavy atom. The molecule has 2 aromatic carbocycles. The molecule has 13 heteroatoms. The number of amides is 2. The molecule has 2 aromatic rings. The summed E-state index contributed by atoms with van der Waals surface area (Å²) in [6.45, 7) is 0.420. The first-order valence-electron chi connectivity index (χ1n) is 11.8. The van der Waals surface area contributed by atoms with Gasteiger partial charge in [0.1, 0.15) is 6.61 Å². The summed E-state index contributed by atoms with van der Waals surface area (Å²) < 4.78 is 41.1. The van der Waals surface area contributed by atoms with Crippen molar-refractivity contribution in [3.63, 3.8) is 0 Å². The maximum Gasteiger partial charge on any atom is 2.00 e. The molecule has 0 heterocycles. The van der Waals surface area contributed by atoms with Gasteiger partial charge in [-0.1, -0.05) is 29.8 Å². The number of para-hydroxylation sites is 1. The molecule has 1 fully saturated rings. The summed E-state index contributed by atoms with van der Waals surface area (Å²) >= 11 is 6.01. The van der Waals surface area contributed by atoms with E-state index in [0.717, 1.165) is 25.7 Å². The first-order valence-corrected chi connectivity index (χ1v) is 13.8. The molecular formula is C25H35ClMgN2O8S. The Bertz CT molecular complexity index is 1110. The van der Waals surface area contributed by atoms with Crippen LogP contribution in [-0.2, 0) is 24.4 Å². The number of benzene rings is 2. The fourth-order valence-corrected chi connectivity index (χ4v) is 4.52. The molecule has 4 N–H and O–H groups in total. The van der Waals surface area contributed by atoms with E-state index in [0.29, 0.717) is 35.5 Å². The second-order valence-electron chi connectivity index (χ2n) is 8.76. The van der Waals surface area contributed by atoms with Gasteiger partial charge in [0.05, 0.1) is 30.3 Å². The molecule has 2 amide bonds. The van der Waals surface area contributed by atoms with E-state index in [1.807, 2.05) is 30.3 Å². The van der Waals surface area contributed by atoms with Gasteiger partial charge in [0.15, 0.2) is 0 Å². The normalized spacial score (nSPS) is 16.9. The molecule has 1 aliphatic rings. The van der Waals surface area contributed by atoms with Crippen LogP contribution in [0.2, 0.25) is 5.02 Å². The largest absolute Gasteiger partial charge is 2.00 e. The predicted molar refractivity (Wildman–Crippen MR) is 149 cm³/mol. The monoisotopic (exact) mass is 582 g/mol. The van der Waals surface area contributed by atoms with Crippen LogP contribution in [-0.4, -0.2) is 85.6 Å². The first kappa shape index (κ1) is 34.1. The number of ether oxygens (including phenoxy) is 2. The van der Waals surface area contributed by atoms with Gasteiger partial charge in [-0.05, 0) is 73.9 Å². The molecule has 0 bridgehead atoms. The van der Waals surface area contributed by atoms with Gasteiger partial charge in [-0.2, -0.15) is 8.42 Å². The molecule has 0 saturated heterocycles. The average Bonchev–Trinajstić information content (AvgIpc) is 2.85. The quantitative estimate of drug-likeness (QED) is 0.303. The van der Waals surface area contributed by atoms with Crippen LogP contribution in [0.15, 0.2) is 54.6 Å². The summed E-state index contributed by atoms with van der Waals surface area (Å²) in [6, 6.07) is 16.3. The average molecular weight is 583 g/mol. The third kappa shape index (κ3) is 11.8. The zero-order valence-corrected chi connectivity index (χ0v) is 24.0. The third-order valence-electron chi connectivity index (χ3n) is 5.96. The Hall–Kier alpha value is -1.93. The molecule has 1 aliphatic carbocycles. The SMILES string of the molecule is O.O=C(COCC1CCC(COC(=O)N(c2ccccc2)c2ccc(Cl)cc2)CC1)NCCS(=O)(=O)O.[H-].[H-].[Mg+2]. The van der Waals surface area contributed by atoms with Crippen molar-refractivity contribution in [2.45, 2.75) is 25.7 Å². The van der Waals surface area contributed by atoms with Crippen LogP contribution in [0.3, 0.4) is 0 Å². The van der Waals surface area contributed by atoms with Crippen molar-refractivity contribution in [1.29, 1.82) is 0 Å². The van der Waals surface area contributed by atoms with Gasteiger partial charge in [-0.3, -0.25) is 9.35 Å². The molecule has 0 aliphatic heterocycles. The van der Waals surface area contributed by atoms with E-state index in [-0.39, 0.29) is 50.5 Å². The van der Waals surface area contributed by atoms with Crippen molar-refractivity contribution in [3.05, 3.63) is 59.6 Å². The van der Waals surface area contributed by atoms with Crippen molar-refractivity contribution in [2.24, 2.45) is 11.8 Å². The molecule has 3 rings (SSSR count). The number of hydrogen-bond acceptors (Lipinski definition) is 6. The van der Waals surface area contributed by atoms with Gasteiger partial charge in [0, 0.05) is 11.6 Å². The van der Waals surface area contributed by atoms with E-state index < -0.39 is 27.9 Å². The summed E-state index contributed by atoms with van der Waals surface area (Å²) in [5.74, 6) is -0.409. The molecule has 0 radical (unpaired) electrons. The Balaban J connectivity index is 0. The van der Waals surface area contributed by atoms with Crippen LogP contribution in [0.5, 0.6) is 0 Å². The first-order chi connectivity index (χ1) is 17.2. The summed E-state index contributed by atoms with van der Waals surface area (Å²) in [7, 11) is -4.10. The fourth-order valence-electron chi connectivity index (χ4n) is 4.03. The van der Waals surface area contributed by atoms with Gasteiger partial charge in [0.25, 0.3) is 10.1 Å². The van der Waals surface area contributed by atoms with Crippen LogP contribution in [0.25, 0.3) is 0 Å². The number of hydrogen-bond donors (Lipinski definition) is 2. The van der Waals surface area contributed by atoms with Crippen LogP contribution in [0.4, 0.5) is 16.2 Å². The molecule has 0 atom stereocenters. The van der Waals surface area contributed by atoms with E-state index in [1.54, 1.807) is 24.3 Å². The minimum absolute atomic E-state index is 0. The number of nitrogens with one attached hydrogen (secondary N) is 1. The van der Waals surface area contributed by atoms with E-state index in [4.69, 9.17) is 25.6 Å². The maximum atomic E-state index is 13.0. The third-order valence-corrected chi connectivity index (χ3v) is 6.93. The molecule has 10 nitrogen and oxygen atoms in total. The molecule has 0 aromatic heterocycles. The van der Waals surface area contributed by atoms with Crippen molar-refractivity contribution in [2.75, 3.05) is 37.0 Å². The Morgan fingerprint density at radius 1 is 0.974 bits per heavy atom. The second kappa shape index (κ2) is 16.9. The zero-order valence-electron chi connectivity index (χ0n) is 23.1. The van der Waals surface area contributed by atoms with Gasteiger partial charge in [-0.25, -0.2) is 9.69 Å². The van der Waals surface area contributed by atoms with Crippen molar-refractivity contribution >= 4 is 68.1 Å². The van der Waals surface area contributed by atoms with E-state index in [2.05, 4.69) is 5.32 Å². The maximum absolute atomic E-state index is 13.0. The number of carbonyl (C=O) groups is 2. The smallest absolute Gasteiger partial charge is 1.00 e. The topological polar surface area (TPSA) is 154 Å². The van der Waals surface area contributed by atoms with E-state index in [9.17, 15) is 18.0 Å².